The van der Waals surface area contributed by atoms with Crippen LogP contribution in [0.4, 0.5) is 11.4 Å². The van der Waals surface area contributed by atoms with E-state index in [4.69, 9.17) is 0 Å². The maximum Gasteiger partial charge on any atom is 0.287 e. The molecule has 0 saturated heterocycles. The average molecular weight is 761 g/mol. The van der Waals surface area contributed by atoms with Crippen LogP contribution in [0.5, 0.6) is 0 Å². The van der Waals surface area contributed by atoms with Gasteiger partial charge in [0.2, 0.25) is 0 Å². The normalized spacial score (nSPS) is 11.4. The van der Waals surface area contributed by atoms with Gasteiger partial charge in [0.15, 0.2) is 0 Å². The van der Waals surface area contributed by atoms with E-state index < -0.39 is 4.92 Å². The molecule has 0 fully saturated rings. The molecule has 0 unspecified atom stereocenters. The zero-order chi connectivity index (χ0) is 39.9. The Balaban J connectivity index is 1.46. The molecule has 6 nitrogen and oxygen atoms in total. The molecule has 2 aromatic carbocycles. The number of hydrogen-bond donors (Lipinski definition) is 0. The molecule has 3 aromatic rings. The van der Waals surface area contributed by atoms with E-state index in [9.17, 15) is 15.4 Å². The lowest BCUT2D eigenvalue weighted by molar-refractivity contribution is -0.385. The molecule has 304 valence electrons. The molecule has 0 N–H and O–H groups in total. The molecule has 0 radical (unpaired) electrons. The Morgan fingerprint density at radius 1 is 0.571 bits per heavy atom. The van der Waals surface area contributed by atoms with E-state index in [1.165, 1.54) is 177 Å². The summed E-state index contributed by atoms with van der Waals surface area (Å²) in [5.41, 5.74) is 4.85. The fraction of sp³-hybridized carbons (Fsp3) is 0.560. The van der Waals surface area contributed by atoms with Crippen LogP contribution in [-0.4, -0.2) is 23.0 Å². The molecular weight excluding hydrogens is 689 g/mol. The summed E-state index contributed by atoms with van der Waals surface area (Å²) in [5, 5.41) is 20.4. The SMILES string of the molecule is CCCCCCCCCCCCCCN(CCCCCCCCCCCCCC)c1ccc(C=Cc2ccc(C=Cc3ccc([N+](=O)[O-])c(C#N)c3)nc2)cc1. The summed E-state index contributed by atoms with van der Waals surface area (Å²) in [5.74, 6) is 0. The van der Waals surface area contributed by atoms with Crippen molar-refractivity contribution in [2.75, 3.05) is 18.0 Å². The van der Waals surface area contributed by atoms with Gasteiger partial charge in [0.05, 0.1) is 10.6 Å². The minimum Gasteiger partial charge on any atom is -0.372 e. The van der Waals surface area contributed by atoms with E-state index in [2.05, 4.69) is 60.1 Å². The zero-order valence-electron chi connectivity index (χ0n) is 35.1. The number of benzene rings is 2. The first-order chi connectivity index (χ1) is 27.5. The second-order valence-electron chi connectivity index (χ2n) is 15.7. The molecular formula is C50H72N4O2. The Kier molecular flexibility index (Phi) is 24.7. The molecule has 56 heavy (non-hydrogen) atoms. The van der Waals surface area contributed by atoms with Crippen molar-refractivity contribution in [3.8, 4) is 6.07 Å². The second kappa shape index (κ2) is 30.0. The molecule has 0 aliphatic carbocycles. The Hall–Kier alpha value is -4.24. The number of nitro benzene ring substituents is 1. The van der Waals surface area contributed by atoms with E-state index in [0.29, 0.717) is 5.56 Å². The number of nitrogens with zero attached hydrogens (tertiary/aromatic N) is 4. The maximum atomic E-state index is 11.1. The number of nitriles is 1. The highest BCUT2D eigenvalue weighted by Crippen LogP contribution is 2.22. The monoisotopic (exact) mass is 761 g/mol. The first-order valence-electron chi connectivity index (χ1n) is 22.4. The molecule has 0 aliphatic rings. The zero-order valence-corrected chi connectivity index (χ0v) is 35.1. The van der Waals surface area contributed by atoms with Gasteiger partial charge in [0.25, 0.3) is 5.69 Å². The highest BCUT2D eigenvalue weighted by atomic mass is 16.6. The second-order valence-corrected chi connectivity index (χ2v) is 15.7. The van der Waals surface area contributed by atoms with E-state index in [1.807, 2.05) is 36.6 Å². The Morgan fingerprint density at radius 3 is 1.45 bits per heavy atom. The van der Waals surface area contributed by atoms with Crippen LogP contribution in [0.2, 0.25) is 0 Å². The van der Waals surface area contributed by atoms with Crippen molar-refractivity contribution in [1.82, 2.24) is 4.98 Å². The molecule has 0 atom stereocenters. The van der Waals surface area contributed by atoms with E-state index in [0.717, 1.165) is 24.3 Å². The molecule has 1 heterocycles. The molecule has 0 amide bonds. The van der Waals surface area contributed by atoms with Gasteiger partial charge in [0.1, 0.15) is 11.6 Å². The van der Waals surface area contributed by atoms with Crippen molar-refractivity contribution in [1.29, 1.82) is 5.26 Å². The summed E-state index contributed by atoms with van der Waals surface area (Å²) in [6, 6.07) is 19.4. The number of anilines is 1. The van der Waals surface area contributed by atoms with Crippen molar-refractivity contribution in [2.24, 2.45) is 0 Å². The number of pyridine rings is 1. The first kappa shape index (κ1) is 46.1. The summed E-state index contributed by atoms with van der Waals surface area (Å²) in [6.45, 7) is 6.86. The van der Waals surface area contributed by atoms with Gasteiger partial charge < -0.3 is 4.90 Å². The number of nitro groups is 1. The van der Waals surface area contributed by atoms with E-state index in [1.54, 1.807) is 6.07 Å². The number of unbranched alkanes of at least 4 members (excludes halogenated alkanes) is 22. The van der Waals surface area contributed by atoms with Crippen LogP contribution in [0.15, 0.2) is 60.8 Å². The molecule has 6 heteroatoms. The van der Waals surface area contributed by atoms with Crippen LogP contribution < -0.4 is 4.90 Å². The van der Waals surface area contributed by atoms with Crippen molar-refractivity contribution >= 4 is 35.7 Å². The lowest BCUT2D eigenvalue weighted by atomic mass is 10.0. The molecule has 3 rings (SSSR count). The average Bonchev–Trinajstić information content (AvgIpc) is 3.22. The lowest BCUT2D eigenvalue weighted by Crippen LogP contribution is -2.25. The molecule has 0 saturated carbocycles. The number of hydrogen-bond acceptors (Lipinski definition) is 5. The fourth-order valence-corrected chi connectivity index (χ4v) is 7.35. The van der Waals surface area contributed by atoms with Crippen molar-refractivity contribution in [3.05, 3.63) is 98.9 Å². The Bertz CT molecular complexity index is 1540. The quantitative estimate of drug-likeness (QED) is 0.0359. The Morgan fingerprint density at radius 2 is 1.00 bits per heavy atom. The summed E-state index contributed by atoms with van der Waals surface area (Å²) < 4.78 is 0. The van der Waals surface area contributed by atoms with Gasteiger partial charge in [-0.3, -0.25) is 15.1 Å². The Labute approximate surface area is 340 Å². The molecule has 1 aromatic heterocycles. The molecule has 0 bridgehead atoms. The third-order valence-corrected chi connectivity index (χ3v) is 10.9. The minimum atomic E-state index is -0.537. The van der Waals surface area contributed by atoms with Gasteiger partial charge in [-0.2, -0.15) is 5.26 Å². The predicted molar refractivity (Wildman–Crippen MR) is 241 cm³/mol. The maximum absolute atomic E-state index is 11.1. The number of rotatable bonds is 32. The van der Waals surface area contributed by atoms with Gasteiger partial charge >= 0.3 is 0 Å². The lowest BCUT2D eigenvalue weighted by Gasteiger charge is -2.25. The van der Waals surface area contributed by atoms with E-state index >= 15 is 0 Å². The smallest absolute Gasteiger partial charge is 0.287 e. The third-order valence-electron chi connectivity index (χ3n) is 10.9. The largest absolute Gasteiger partial charge is 0.372 e. The topological polar surface area (TPSA) is 83.1 Å². The number of aromatic nitrogens is 1. The van der Waals surface area contributed by atoms with Gasteiger partial charge in [0, 0.05) is 31.0 Å². The highest BCUT2D eigenvalue weighted by molar-refractivity contribution is 5.72. The standard InChI is InChI=1S/C50H72N4O2/c1-3-5-7-9-11-13-15-17-19-21-23-25-39-53(40-26-24-22-20-18-16-14-12-10-8-6-4-2)49-36-31-44(32-37-49)27-28-46-30-35-48(52-43-46)34-29-45-33-38-50(54(55)56)47(41-45)42-51/h27-38,41,43H,3-26,39-40H2,1-2H3. The first-order valence-corrected chi connectivity index (χ1v) is 22.4. The van der Waals surface area contributed by atoms with Crippen molar-refractivity contribution in [2.45, 2.75) is 168 Å². The molecule has 0 aliphatic heterocycles. The predicted octanol–water partition coefficient (Wildman–Crippen LogP) is 15.4. The van der Waals surface area contributed by atoms with Crippen molar-refractivity contribution in [3.63, 3.8) is 0 Å². The summed E-state index contributed by atoms with van der Waals surface area (Å²) >= 11 is 0. The van der Waals surface area contributed by atoms with Crippen LogP contribution in [-0.2, 0) is 0 Å². The highest BCUT2D eigenvalue weighted by Gasteiger charge is 2.13. The van der Waals surface area contributed by atoms with E-state index in [-0.39, 0.29) is 11.3 Å². The van der Waals surface area contributed by atoms with Gasteiger partial charge in [-0.05, 0) is 65.9 Å². The minimum absolute atomic E-state index is 0.0468. The van der Waals surface area contributed by atoms with Crippen LogP contribution >= 0.6 is 0 Å². The third kappa shape index (κ3) is 20.1. The summed E-state index contributed by atoms with van der Waals surface area (Å²) in [6.07, 6.45) is 42.9. The van der Waals surface area contributed by atoms with Crippen LogP contribution in [0.3, 0.4) is 0 Å². The van der Waals surface area contributed by atoms with Gasteiger partial charge in [-0.25, -0.2) is 0 Å². The van der Waals surface area contributed by atoms with Crippen LogP contribution in [0.25, 0.3) is 24.3 Å². The fourth-order valence-electron chi connectivity index (χ4n) is 7.35. The van der Waals surface area contributed by atoms with Gasteiger partial charge in [-0.15, -0.1) is 0 Å². The summed E-state index contributed by atoms with van der Waals surface area (Å²) in [7, 11) is 0. The van der Waals surface area contributed by atoms with Gasteiger partial charge in [-0.1, -0.05) is 192 Å². The molecule has 0 spiro atoms. The summed E-state index contributed by atoms with van der Waals surface area (Å²) in [4.78, 5) is 17.8. The van der Waals surface area contributed by atoms with Crippen molar-refractivity contribution < 1.29 is 4.92 Å². The van der Waals surface area contributed by atoms with Crippen LogP contribution in [0.1, 0.15) is 196 Å². The van der Waals surface area contributed by atoms with Crippen LogP contribution in [0, 0.1) is 21.4 Å².